The van der Waals surface area contributed by atoms with E-state index in [-0.39, 0.29) is 19.3 Å². The van der Waals surface area contributed by atoms with Gasteiger partial charge in [-0.2, -0.15) is 5.26 Å². The van der Waals surface area contributed by atoms with Crippen LogP contribution in [0, 0.1) is 16.9 Å². The van der Waals surface area contributed by atoms with Crippen LogP contribution in [0.15, 0.2) is 24.4 Å². The van der Waals surface area contributed by atoms with Crippen LogP contribution in [-0.2, 0) is 25.5 Å². The predicted octanol–water partition coefficient (Wildman–Crippen LogP) is 1.04. The average molecular weight is 426 g/mol. The lowest BCUT2D eigenvalue weighted by Gasteiger charge is -2.20. The number of amides is 1. The van der Waals surface area contributed by atoms with E-state index < -0.39 is 35.9 Å². The standard InChI is InChI=1S/C21H23N5O5/c1-12(2)31-21(30)17(7-6-15(27)11-25-23)26-20(29)18(28)8-14-10-24-16-5-3-4-13(9-22)19(14)16/h3-5,10-12,17-18,23-24,28H,6-8H2,1-2H3/p+1/t17-,18-/m0/s1. The molecule has 4 N–H and O–H groups in total. The van der Waals surface area contributed by atoms with Crippen LogP contribution in [0.5, 0.6) is 0 Å². The van der Waals surface area contributed by atoms with Gasteiger partial charge in [-0.15, -0.1) is 0 Å². The molecule has 31 heavy (non-hydrogen) atoms. The first-order valence-corrected chi connectivity index (χ1v) is 9.67. The van der Waals surface area contributed by atoms with Crippen molar-refractivity contribution < 1.29 is 29.0 Å². The van der Waals surface area contributed by atoms with Crippen molar-refractivity contribution in [3.63, 3.8) is 0 Å². The SMILES string of the molecule is CC(C)OC(=O)[C@H](CCC(=O)C=[N+]=N)NC(=O)[C@@H](O)Cc1c[nH]c2cccc(C#N)c12. The number of hydrogen-bond acceptors (Lipinski definition) is 7. The van der Waals surface area contributed by atoms with Crippen LogP contribution >= 0.6 is 0 Å². The molecule has 10 heteroatoms. The highest BCUT2D eigenvalue weighted by Gasteiger charge is 2.28. The van der Waals surface area contributed by atoms with Crippen molar-refractivity contribution in [2.75, 3.05) is 0 Å². The molecular formula is C21H24N5O5+. The first-order chi connectivity index (χ1) is 14.8. The number of ketones is 1. The maximum Gasteiger partial charge on any atom is 0.372 e. The molecule has 0 bridgehead atoms. The maximum atomic E-state index is 12.5. The van der Waals surface area contributed by atoms with E-state index >= 15 is 0 Å². The number of nitrogens with zero attached hydrogens (tertiary/aromatic N) is 2. The van der Waals surface area contributed by atoms with Gasteiger partial charge in [0, 0.05) is 29.9 Å². The predicted molar refractivity (Wildman–Crippen MR) is 109 cm³/mol. The van der Waals surface area contributed by atoms with Gasteiger partial charge in [-0.25, -0.2) is 4.79 Å². The van der Waals surface area contributed by atoms with Crippen LogP contribution in [0.1, 0.15) is 37.8 Å². The Morgan fingerprint density at radius 3 is 2.77 bits per heavy atom. The lowest BCUT2D eigenvalue weighted by atomic mass is 10.0. The summed E-state index contributed by atoms with van der Waals surface area (Å²) in [6.45, 7) is 3.29. The second kappa shape index (κ2) is 10.8. The number of ether oxygens (including phenoxy) is 1. The number of aliphatic hydroxyl groups is 1. The molecule has 0 saturated carbocycles. The highest BCUT2D eigenvalue weighted by Crippen LogP contribution is 2.23. The van der Waals surface area contributed by atoms with E-state index in [9.17, 15) is 24.8 Å². The molecule has 1 aromatic heterocycles. The van der Waals surface area contributed by atoms with Gasteiger partial charge in [-0.3, -0.25) is 9.59 Å². The fourth-order valence-electron chi connectivity index (χ4n) is 3.07. The average Bonchev–Trinajstić information content (AvgIpc) is 3.13. The number of fused-ring (bicyclic) bond motifs is 1. The van der Waals surface area contributed by atoms with Gasteiger partial charge in [0.05, 0.1) is 28.1 Å². The van der Waals surface area contributed by atoms with E-state index in [0.717, 1.165) is 6.21 Å². The monoisotopic (exact) mass is 426 g/mol. The molecule has 0 spiro atoms. The number of rotatable bonds is 10. The number of esters is 1. The van der Waals surface area contributed by atoms with Crippen molar-refractivity contribution in [3.8, 4) is 6.07 Å². The van der Waals surface area contributed by atoms with E-state index in [4.69, 9.17) is 10.3 Å². The summed E-state index contributed by atoms with van der Waals surface area (Å²) in [5, 5.41) is 22.8. The zero-order chi connectivity index (χ0) is 23.0. The first kappa shape index (κ1) is 23.5. The van der Waals surface area contributed by atoms with Gasteiger partial charge in [0.25, 0.3) is 0 Å². The molecule has 0 saturated heterocycles. The Hall–Kier alpha value is -3.80. The molecule has 2 aromatic rings. The molecular weight excluding hydrogens is 402 g/mol. The van der Waals surface area contributed by atoms with Crippen LogP contribution in [0.2, 0.25) is 0 Å². The molecule has 0 radical (unpaired) electrons. The quantitative estimate of drug-likeness (QED) is 0.191. The van der Waals surface area contributed by atoms with Crippen molar-refractivity contribution in [1.82, 2.24) is 10.3 Å². The number of benzene rings is 1. The van der Waals surface area contributed by atoms with E-state index in [1.165, 1.54) is 0 Å². The zero-order valence-corrected chi connectivity index (χ0v) is 17.2. The minimum absolute atomic E-state index is 0.0689. The number of hydrogen-bond donors (Lipinski definition) is 4. The molecule has 2 rings (SSSR count). The fourth-order valence-corrected chi connectivity index (χ4v) is 3.07. The minimum Gasteiger partial charge on any atom is -0.461 e. The molecule has 1 aromatic carbocycles. The second-order valence-corrected chi connectivity index (χ2v) is 7.18. The lowest BCUT2D eigenvalue weighted by molar-refractivity contribution is -0.152. The van der Waals surface area contributed by atoms with Crippen molar-refractivity contribution in [2.45, 2.75) is 51.4 Å². The van der Waals surface area contributed by atoms with Crippen LogP contribution < -0.4 is 5.32 Å². The zero-order valence-electron chi connectivity index (χ0n) is 17.2. The highest BCUT2D eigenvalue weighted by molar-refractivity contribution is 6.25. The fraction of sp³-hybridized carbons (Fsp3) is 0.381. The van der Waals surface area contributed by atoms with Gasteiger partial charge in [0.2, 0.25) is 11.7 Å². The number of Topliss-reactive ketones (excluding diaryl/α,β-unsaturated/α-hetero) is 1. The van der Waals surface area contributed by atoms with Crippen molar-refractivity contribution in [3.05, 3.63) is 35.5 Å². The van der Waals surface area contributed by atoms with Crippen molar-refractivity contribution in [1.29, 1.82) is 10.8 Å². The maximum absolute atomic E-state index is 12.5. The molecule has 1 amide bonds. The van der Waals surface area contributed by atoms with Gasteiger partial charge >= 0.3 is 12.2 Å². The summed E-state index contributed by atoms with van der Waals surface area (Å²) >= 11 is 0. The Morgan fingerprint density at radius 2 is 2.13 bits per heavy atom. The Balaban J connectivity index is 2.13. The van der Waals surface area contributed by atoms with E-state index in [1.807, 2.05) is 0 Å². The Labute approximate surface area is 178 Å². The number of aromatic nitrogens is 1. The van der Waals surface area contributed by atoms with Crippen LogP contribution in [0.25, 0.3) is 10.9 Å². The van der Waals surface area contributed by atoms with Crippen LogP contribution in [-0.4, -0.2) is 57.0 Å². The molecule has 2 atom stereocenters. The summed E-state index contributed by atoms with van der Waals surface area (Å²) in [7, 11) is 0. The number of carbonyl (C=O) groups excluding carboxylic acids is 3. The van der Waals surface area contributed by atoms with Crippen molar-refractivity contribution in [2.24, 2.45) is 0 Å². The number of carbonyl (C=O) groups is 3. The Morgan fingerprint density at radius 1 is 1.39 bits per heavy atom. The molecule has 0 aliphatic heterocycles. The summed E-state index contributed by atoms with van der Waals surface area (Å²) in [6.07, 6.45) is 0.214. The Kier molecular flexibility index (Phi) is 8.20. The van der Waals surface area contributed by atoms with Crippen LogP contribution in [0.3, 0.4) is 0 Å². The third-order valence-electron chi connectivity index (χ3n) is 4.46. The molecule has 0 aliphatic carbocycles. The molecule has 162 valence electrons. The topological polar surface area (TPSA) is 170 Å². The van der Waals surface area contributed by atoms with Gasteiger partial charge in [-0.05, 0) is 38.0 Å². The van der Waals surface area contributed by atoms with Gasteiger partial charge < -0.3 is 20.1 Å². The van der Waals surface area contributed by atoms with Crippen molar-refractivity contribution >= 4 is 34.8 Å². The summed E-state index contributed by atoms with van der Waals surface area (Å²) in [6, 6.07) is 6.08. The lowest BCUT2D eigenvalue weighted by Crippen LogP contribution is -2.47. The summed E-state index contributed by atoms with van der Waals surface area (Å²) in [5.41, 5.74) is 8.37. The van der Waals surface area contributed by atoms with E-state index in [1.54, 1.807) is 38.2 Å². The van der Waals surface area contributed by atoms with Gasteiger partial charge in [-0.1, -0.05) is 6.07 Å². The van der Waals surface area contributed by atoms with E-state index in [2.05, 4.69) is 21.2 Å². The number of aromatic amines is 1. The number of H-pyrrole nitrogens is 1. The number of aliphatic hydroxyl groups excluding tert-OH is 1. The molecule has 0 unspecified atom stereocenters. The molecule has 0 aliphatic rings. The number of nitriles is 1. The number of nitrogens with one attached hydrogen (secondary N) is 3. The summed E-state index contributed by atoms with van der Waals surface area (Å²) < 4.78 is 5.12. The Bertz CT molecular complexity index is 1060. The normalized spacial score (nSPS) is 12.5. The van der Waals surface area contributed by atoms with Gasteiger partial charge in [0.1, 0.15) is 12.1 Å². The molecule has 10 nitrogen and oxygen atoms in total. The third kappa shape index (κ3) is 6.34. The summed E-state index contributed by atoms with van der Waals surface area (Å²) in [4.78, 5) is 42.3. The van der Waals surface area contributed by atoms with Gasteiger partial charge in [0.15, 0.2) is 0 Å². The highest BCUT2D eigenvalue weighted by atomic mass is 16.5. The largest absolute Gasteiger partial charge is 0.461 e. The van der Waals surface area contributed by atoms with E-state index in [0.29, 0.717) is 22.0 Å². The van der Waals surface area contributed by atoms with Crippen LogP contribution in [0.4, 0.5) is 0 Å². The first-order valence-electron chi connectivity index (χ1n) is 9.67. The minimum atomic E-state index is -1.49. The molecule has 1 heterocycles. The smallest absolute Gasteiger partial charge is 0.372 e. The second-order valence-electron chi connectivity index (χ2n) is 7.18. The molecule has 0 fully saturated rings. The third-order valence-corrected chi connectivity index (χ3v) is 4.46. The summed E-state index contributed by atoms with van der Waals surface area (Å²) in [5.74, 6) is -2.02.